The number of carbonyl (C=O) groups excluding carboxylic acids is 2. The Bertz CT molecular complexity index is 776. The Labute approximate surface area is 161 Å². The summed E-state index contributed by atoms with van der Waals surface area (Å²) in [6, 6.07) is 6.94. The number of benzene rings is 1. The number of aliphatic carboxylic acids is 1. The number of thiocarbonyl (C=S) groups is 1. The summed E-state index contributed by atoms with van der Waals surface area (Å²) >= 11 is 6.45. The maximum atomic E-state index is 12.7. The minimum absolute atomic E-state index is 0.0190. The van der Waals surface area contributed by atoms with Crippen LogP contribution < -0.4 is 5.32 Å². The molecule has 1 atom stereocenters. The van der Waals surface area contributed by atoms with E-state index in [1.807, 2.05) is 31.2 Å². The van der Waals surface area contributed by atoms with E-state index in [1.54, 1.807) is 13.0 Å². The maximum Gasteiger partial charge on any atom is 0.303 e. The van der Waals surface area contributed by atoms with Gasteiger partial charge in [-0.2, -0.15) is 0 Å². The molecule has 1 saturated heterocycles. The van der Waals surface area contributed by atoms with Gasteiger partial charge in [0.25, 0.3) is 5.91 Å². The first-order chi connectivity index (χ1) is 12.3. The number of nitrogens with zero attached hydrogens (tertiary/aromatic N) is 1. The summed E-state index contributed by atoms with van der Waals surface area (Å²) in [6.45, 7) is 3.80. The summed E-state index contributed by atoms with van der Waals surface area (Å²) in [5.74, 6) is -1.56. The third-order valence-electron chi connectivity index (χ3n) is 3.93. The first-order valence-electron chi connectivity index (χ1n) is 8.13. The van der Waals surface area contributed by atoms with Gasteiger partial charge < -0.3 is 10.4 Å². The molecule has 6 nitrogen and oxygen atoms in total. The number of hydrogen-bond donors (Lipinski definition) is 2. The Kier molecular flexibility index (Phi) is 6.93. The SMILES string of the molecule is Cc1ccccc1/C=C1\SC(=S)N(C(C)C(=O)NCCCC(=O)O)C1=O. The van der Waals surface area contributed by atoms with Crippen molar-refractivity contribution < 1.29 is 19.5 Å². The van der Waals surface area contributed by atoms with Crippen molar-refractivity contribution in [2.24, 2.45) is 0 Å². The molecule has 0 saturated carbocycles. The van der Waals surface area contributed by atoms with Crippen molar-refractivity contribution in [2.45, 2.75) is 32.7 Å². The minimum Gasteiger partial charge on any atom is -0.481 e. The summed E-state index contributed by atoms with van der Waals surface area (Å²) < 4.78 is 0.336. The van der Waals surface area contributed by atoms with Crippen molar-refractivity contribution in [3.63, 3.8) is 0 Å². The van der Waals surface area contributed by atoms with E-state index in [0.717, 1.165) is 11.1 Å². The standard InChI is InChI=1S/C18H20N2O4S2/c1-11-6-3-4-7-13(11)10-14-17(24)20(18(25)26-14)12(2)16(23)19-9-5-8-15(21)22/h3-4,6-7,10,12H,5,8-9H2,1-2H3,(H,19,23)(H,21,22)/b14-10-. The van der Waals surface area contributed by atoms with Crippen molar-refractivity contribution in [1.82, 2.24) is 10.2 Å². The zero-order valence-corrected chi connectivity index (χ0v) is 16.2. The normalized spacial score (nSPS) is 16.8. The molecule has 0 spiro atoms. The lowest BCUT2D eigenvalue weighted by Gasteiger charge is -2.22. The number of carboxylic acid groups (broad SMARTS) is 1. The van der Waals surface area contributed by atoms with Gasteiger partial charge in [0.05, 0.1) is 4.91 Å². The van der Waals surface area contributed by atoms with Crippen LogP contribution in [-0.4, -0.2) is 44.7 Å². The summed E-state index contributed by atoms with van der Waals surface area (Å²) in [6.07, 6.45) is 2.10. The van der Waals surface area contributed by atoms with Crippen LogP contribution >= 0.6 is 24.0 Å². The third kappa shape index (κ3) is 4.92. The predicted octanol–water partition coefficient (Wildman–Crippen LogP) is 2.57. The van der Waals surface area contributed by atoms with E-state index in [4.69, 9.17) is 17.3 Å². The number of rotatable bonds is 7. The highest BCUT2D eigenvalue weighted by Gasteiger charge is 2.38. The van der Waals surface area contributed by atoms with E-state index in [-0.39, 0.29) is 24.8 Å². The fourth-order valence-corrected chi connectivity index (χ4v) is 3.83. The van der Waals surface area contributed by atoms with Crippen molar-refractivity contribution in [3.05, 3.63) is 40.3 Å². The number of nitrogens with one attached hydrogen (secondary N) is 1. The van der Waals surface area contributed by atoms with Gasteiger partial charge in [-0.15, -0.1) is 0 Å². The van der Waals surface area contributed by atoms with Crippen LogP contribution in [0.2, 0.25) is 0 Å². The van der Waals surface area contributed by atoms with Gasteiger partial charge >= 0.3 is 5.97 Å². The molecule has 1 fully saturated rings. The fourth-order valence-electron chi connectivity index (χ4n) is 2.42. The second-order valence-electron chi connectivity index (χ2n) is 5.87. The molecule has 0 aromatic heterocycles. The van der Waals surface area contributed by atoms with Crippen LogP contribution in [0.5, 0.6) is 0 Å². The Hall–Kier alpha value is -2.19. The Morgan fingerprint density at radius 1 is 1.38 bits per heavy atom. The predicted molar refractivity (Wildman–Crippen MR) is 106 cm³/mol. The van der Waals surface area contributed by atoms with Gasteiger partial charge in [0.15, 0.2) is 0 Å². The topological polar surface area (TPSA) is 86.7 Å². The minimum atomic E-state index is -0.911. The second-order valence-corrected chi connectivity index (χ2v) is 7.55. The smallest absolute Gasteiger partial charge is 0.303 e. The van der Waals surface area contributed by atoms with Gasteiger partial charge in [0.2, 0.25) is 5.91 Å². The van der Waals surface area contributed by atoms with Crippen LogP contribution in [0.4, 0.5) is 0 Å². The lowest BCUT2D eigenvalue weighted by Crippen LogP contribution is -2.47. The molecule has 0 aliphatic carbocycles. The molecule has 138 valence electrons. The Balaban J connectivity index is 2.05. The van der Waals surface area contributed by atoms with Crippen molar-refractivity contribution in [1.29, 1.82) is 0 Å². The van der Waals surface area contributed by atoms with E-state index in [1.165, 1.54) is 16.7 Å². The molecule has 0 bridgehead atoms. The molecule has 1 aromatic carbocycles. The average molecular weight is 393 g/mol. The van der Waals surface area contributed by atoms with Crippen molar-refractivity contribution >= 4 is 52.2 Å². The molecule has 8 heteroatoms. The highest BCUT2D eigenvalue weighted by atomic mass is 32.2. The number of amides is 2. The highest BCUT2D eigenvalue weighted by Crippen LogP contribution is 2.34. The molecule has 2 amide bonds. The Morgan fingerprint density at radius 3 is 2.73 bits per heavy atom. The molecule has 1 aromatic rings. The summed E-state index contributed by atoms with van der Waals surface area (Å²) in [5.41, 5.74) is 1.97. The molecular formula is C18H20N2O4S2. The van der Waals surface area contributed by atoms with E-state index < -0.39 is 12.0 Å². The second kappa shape index (κ2) is 8.95. The van der Waals surface area contributed by atoms with Crippen LogP contribution in [0.1, 0.15) is 30.9 Å². The quantitative estimate of drug-likeness (QED) is 0.421. The number of carbonyl (C=O) groups is 3. The number of aryl methyl sites for hydroxylation is 1. The number of carboxylic acids is 1. The zero-order chi connectivity index (χ0) is 19.3. The van der Waals surface area contributed by atoms with Gasteiger partial charge in [-0.05, 0) is 37.5 Å². The third-order valence-corrected chi connectivity index (χ3v) is 5.26. The van der Waals surface area contributed by atoms with Crippen LogP contribution in [-0.2, 0) is 14.4 Å². The molecule has 1 aliphatic heterocycles. The summed E-state index contributed by atoms with van der Waals surface area (Å²) in [5, 5.41) is 11.3. The van der Waals surface area contributed by atoms with Crippen LogP contribution in [0.3, 0.4) is 0 Å². The number of thioether (sulfide) groups is 1. The molecule has 1 aliphatic rings. The number of hydrogen-bond acceptors (Lipinski definition) is 5. The largest absolute Gasteiger partial charge is 0.481 e. The lowest BCUT2D eigenvalue weighted by molar-refractivity contribution is -0.137. The van der Waals surface area contributed by atoms with E-state index in [2.05, 4.69) is 5.32 Å². The molecular weight excluding hydrogens is 372 g/mol. The molecule has 0 radical (unpaired) electrons. The lowest BCUT2D eigenvalue weighted by atomic mass is 10.1. The highest BCUT2D eigenvalue weighted by molar-refractivity contribution is 8.26. The summed E-state index contributed by atoms with van der Waals surface area (Å²) in [4.78, 5) is 37.2. The van der Waals surface area contributed by atoms with Gasteiger partial charge in [-0.1, -0.05) is 48.2 Å². The van der Waals surface area contributed by atoms with Gasteiger partial charge in [0, 0.05) is 13.0 Å². The van der Waals surface area contributed by atoms with Gasteiger partial charge in [0.1, 0.15) is 10.4 Å². The molecule has 1 heterocycles. The fraction of sp³-hybridized carbons (Fsp3) is 0.333. The maximum absolute atomic E-state index is 12.7. The van der Waals surface area contributed by atoms with Crippen LogP contribution in [0.25, 0.3) is 6.08 Å². The first kappa shape index (κ1) is 20.1. The van der Waals surface area contributed by atoms with E-state index in [0.29, 0.717) is 15.6 Å². The van der Waals surface area contributed by atoms with Gasteiger partial charge in [-0.25, -0.2) is 0 Å². The van der Waals surface area contributed by atoms with E-state index >= 15 is 0 Å². The van der Waals surface area contributed by atoms with Crippen LogP contribution in [0.15, 0.2) is 29.2 Å². The monoisotopic (exact) mass is 392 g/mol. The first-order valence-corrected chi connectivity index (χ1v) is 9.36. The molecule has 2 rings (SSSR count). The molecule has 1 unspecified atom stereocenters. The van der Waals surface area contributed by atoms with Crippen LogP contribution in [0, 0.1) is 6.92 Å². The molecule has 26 heavy (non-hydrogen) atoms. The summed E-state index contributed by atoms with van der Waals surface area (Å²) in [7, 11) is 0. The van der Waals surface area contributed by atoms with E-state index in [9.17, 15) is 14.4 Å². The zero-order valence-electron chi connectivity index (χ0n) is 14.5. The molecule has 2 N–H and O–H groups in total. The van der Waals surface area contributed by atoms with Crippen molar-refractivity contribution in [2.75, 3.05) is 6.54 Å². The Morgan fingerprint density at radius 2 is 2.08 bits per heavy atom. The average Bonchev–Trinajstić information content (AvgIpc) is 2.86. The van der Waals surface area contributed by atoms with Crippen molar-refractivity contribution in [3.8, 4) is 0 Å². The van der Waals surface area contributed by atoms with Gasteiger partial charge in [-0.3, -0.25) is 19.3 Å².